The molecule has 0 bridgehead atoms. The Morgan fingerprint density at radius 1 is 1.41 bits per heavy atom. The molecule has 1 heterocycles. The van der Waals surface area contributed by atoms with E-state index in [0.29, 0.717) is 32.1 Å². The fourth-order valence-corrected chi connectivity index (χ4v) is 1.41. The molecule has 0 unspecified atom stereocenters. The van der Waals surface area contributed by atoms with E-state index in [1.807, 2.05) is 19.3 Å². The molecule has 0 aliphatic heterocycles. The number of carbonyl (C=O) groups excluding carboxylic acids is 1. The number of hydrogen-bond acceptors (Lipinski definition) is 3. The SMILES string of the molecule is COCCOCCCNC(=O)c1cccn1C. The maximum absolute atomic E-state index is 11.7. The molecule has 0 fully saturated rings. The van der Waals surface area contributed by atoms with Crippen LogP contribution < -0.4 is 5.32 Å². The summed E-state index contributed by atoms with van der Waals surface area (Å²) in [6.07, 6.45) is 2.66. The second kappa shape index (κ2) is 7.86. The first-order valence-corrected chi connectivity index (χ1v) is 5.72. The van der Waals surface area contributed by atoms with Gasteiger partial charge in [0.1, 0.15) is 5.69 Å². The molecular formula is C12H20N2O3. The molecule has 1 aromatic rings. The maximum atomic E-state index is 11.7. The molecule has 0 radical (unpaired) electrons. The van der Waals surface area contributed by atoms with Gasteiger partial charge in [-0.05, 0) is 18.6 Å². The Bertz CT molecular complexity index is 336. The second-order valence-corrected chi connectivity index (χ2v) is 3.72. The average molecular weight is 240 g/mol. The number of nitrogens with zero attached hydrogens (tertiary/aromatic N) is 1. The lowest BCUT2D eigenvalue weighted by Gasteiger charge is -2.06. The number of hydrogen-bond donors (Lipinski definition) is 1. The zero-order valence-electron chi connectivity index (χ0n) is 10.4. The topological polar surface area (TPSA) is 52.5 Å². The number of carbonyl (C=O) groups is 1. The molecule has 96 valence electrons. The van der Waals surface area contributed by atoms with Crippen LogP contribution in [-0.2, 0) is 16.5 Å². The summed E-state index contributed by atoms with van der Waals surface area (Å²) in [5, 5.41) is 2.85. The summed E-state index contributed by atoms with van der Waals surface area (Å²) in [7, 11) is 3.49. The molecule has 5 heteroatoms. The summed E-state index contributed by atoms with van der Waals surface area (Å²) in [5.41, 5.74) is 0.672. The van der Waals surface area contributed by atoms with E-state index >= 15 is 0 Å². The largest absolute Gasteiger partial charge is 0.382 e. The monoisotopic (exact) mass is 240 g/mol. The van der Waals surface area contributed by atoms with Gasteiger partial charge in [0.25, 0.3) is 5.91 Å². The molecule has 0 spiro atoms. The van der Waals surface area contributed by atoms with E-state index in [1.54, 1.807) is 17.7 Å². The third-order valence-electron chi connectivity index (χ3n) is 2.36. The van der Waals surface area contributed by atoms with Gasteiger partial charge in [0.05, 0.1) is 13.2 Å². The highest BCUT2D eigenvalue weighted by molar-refractivity contribution is 5.92. The van der Waals surface area contributed by atoms with Crippen molar-refractivity contribution in [2.24, 2.45) is 7.05 Å². The molecule has 0 atom stereocenters. The van der Waals surface area contributed by atoms with Gasteiger partial charge in [-0.15, -0.1) is 0 Å². The first-order valence-electron chi connectivity index (χ1n) is 5.72. The van der Waals surface area contributed by atoms with Crippen LogP contribution in [0.25, 0.3) is 0 Å². The summed E-state index contributed by atoms with van der Waals surface area (Å²) >= 11 is 0. The van der Waals surface area contributed by atoms with E-state index in [0.717, 1.165) is 6.42 Å². The van der Waals surface area contributed by atoms with E-state index in [1.165, 1.54) is 0 Å². The van der Waals surface area contributed by atoms with Crippen LogP contribution in [0.4, 0.5) is 0 Å². The minimum absolute atomic E-state index is 0.0469. The molecule has 0 saturated heterocycles. The molecule has 0 saturated carbocycles. The van der Waals surface area contributed by atoms with E-state index in [4.69, 9.17) is 9.47 Å². The number of ether oxygens (including phenoxy) is 2. The highest BCUT2D eigenvalue weighted by Gasteiger charge is 2.06. The Morgan fingerprint density at radius 2 is 2.24 bits per heavy atom. The van der Waals surface area contributed by atoms with Crippen LogP contribution in [-0.4, -0.2) is 43.9 Å². The molecular weight excluding hydrogens is 220 g/mol. The van der Waals surface area contributed by atoms with Crippen molar-refractivity contribution in [2.45, 2.75) is 6.42 Å². The fourth-order valence-electron chi connectivity index (χ4n) is 1.41. The van der Waals surface area contributed by atoms with E-state index in [9.17, 15) is 4.79 Å². The second-order valence-electron chi connectivity index (χ2n) is 3.72. The van der Waals surface area contributed by atoms with Gasteiger partial charge >= 0.3 is 0 Å². The Morgan fingerprint density at radius 3 is 2.88 bits per heavy atom. The number of rotatable bonds is 8. The summed E-state index contributed by atoms with van der Waals surface area (Å²) in [6, 6.07) is 3.65. The average Bonchev–Trinajstić information content (AvgIpc) is 2.74. The Kier molecular flexibility index (Phi) is 6.35. The maximum Gasteiger partial charge on any atom is 0.267 e. The lowest BCUT2D eigenvalue weighted by molar-refractivity contribution is 0.0688. The van der Waals surface area contributed by atoms with Crippen molar-refractivity contribution >= 4 is 5.91 Å². The van der Waals surface area contributed by atoms with Crippen LogP contribution in [0.15, 0.2) is 18.3 Å². The van der Waals surface area contributed by atoms with Crippen molar-refractivity contribution in [3.05, 3.63) is 24.0 Å². The van der Waals surface area contributed by atoms with Crippen molar-refractivity contribution < 1.29 is 14.3 Å². The molecule has 1 amide bonds. The van der Waals surface area contributed by atoms with E-state index in [2.05, 4.69) is 5.32 Å². The van der Waals surface area contributed by atoms with Crippen LogP contribution in [0.3, 0.4) is 0 Å². The first-order chi connectivity index (χ1) is 8.25. The summed E-state index contributed by atoms with van der Waals surface area (Å²) in [5.74, 6) is -0.0469. The van der Waals surface area contributed by atoms with E-state index < -0.39 is 0 Å². The smallest absolute Gasteiger partial charge is 0.267 e. The number of aryl methyl sites for hydroxylation is 1. The lowest BCUT2D eigenvalue weighted by Crippen LogP contribution is -2.27. The number of methoxy groups -OCH3 is 1. The molecule has 0 aromatic carbocycles. The summed E-state index contributed by atoms with van der Waals surface area (Å²) in [6.45, 7) is 2.46. The number of nitrogens with one attached hydrogen (secondary N) is 1. The predicted molar refractivity (Wildman–Crippen MR) is 65.1 cm³/mol. The quantitative estimate of drug-likeness (QED) is 0.684. The van der Waals surface area contributed by atoms with Gasteiger partial charge in [0, 0.05) is 33.5 Å². The third-order valence-corrected chi connectivity index (χ3v) is 2.36. The van der Waals surface area contributed by atoms with Crippen LogP contribution in [0.1, 0.15) is 16.9 Å². The van der Waals surface area contributed by atoms with Crippen molar-refractivity contribution in [2.75, 3.05) is 33.5 Å². The molecule has 5 nitrogen and oxygen atoms in total. The van der Waals surface area contributed by atoms with Gasteiger partial charge in [-0.2, -0.15) is 0 Å². The third kappa shape index (κ3) is 5.01. The molecule has 1 N–H and O–H groups in total. The molecule has 1 aromatic heterocycles. The van der Waals surface area contributed by atoms with Gasteiger partial charge in [-0.25, -0.2) is 0 Å². The van der Waals surface area contributed by atoms with Gasteiger partial charge < -0.3 is 19.4 Å². The lowest BCUT2D eigenvalue weighted by atomic mass is 10.3. The minimum Gasteiger partial charge on any atom is -0.382 e. The van der Waals surface area contributed by atoms with Crippen molar-refractivity contribution in [1.82, 2.24) is 9.88 Å². The summed E-state index contributed by atoms with van der Waals surface area (Å²) < 4.78 is 11.9. The van der Waals surface area contributed by atoms with Crippen LogP contribution >= 0.6 is 0 Å². The van der Waals surface area contributed by atoms with E-state index in [-0.39, 0.29) is 5.91 Å². The number of aromatic nitrogens is 1. The molecule has 17 heavy (non-hydrogen) atoms. The van der Waals surface area contributed by atoms with Gasteiger partial charge in [0.15, 0.2) is 0 Å². The Balaban J connectivity index is 2.07. The van der Waals surface area contributed by atoms with Crippen molar-refractivity contribution in [3.8, 4) is 0 Å². The highest BCUT2D eigenvalue weighted by atomic mass is 16.5. The fraction of sp³-hybridized carbons (Fsp3) is 0.583. The Hall–Kier alpha value is -1.33. The van der Waals surface area contributed by atoms with Gasteiger partial charge in [-0.3, -0.25) is 4.79 Å². The van der Waals surface area contributed by atoms with Crippen LogP contribution in [0.5, 0.6) is 0 Å². The molecule has 0 aliphatic rings. The highest BCUT2D eigenvalue weighted by Crippen LogP contribution is 1.98. The summed E-state index contributed by atoms with van der Waals surface area (Å²) in [4.78, 5) is 11.7. The van der Waals surface area contributed by atoms with Crippen LogP contribution in [0.2, 0.25) is 0 Å². The predicted octanol–water partition coefficient (Wildman–Crippen LogP) is 0.808. The first kappa shape index (κ1) is 13.7. The zero-order chi connectivity index (χ0) is 12.5. The standard InChI is InChI=1S/C12H20N2O3/c1-14-7-3-5-11(14)12(15)13-6-4-8-17-10-9-16-2/h3,5,7H,4,6,8-10H2,1-2H3,(H,13,15). The Labute approximate surface area is 102 Å². The van der Waals surface area contributed by atoms with Crippen molar-refractivity contribution in [3.63, 3.8) is 0 Å². The van der Waals surface area contributed by atoms with Crippen LogP contribution in [0, 0.1) is 0 Å². The minimum atomic E-state index is -0.0469. The van der Waals surface area contributed by atoms with Gasteiger partial charge in [0.2, 0.25) is 0 Å². The molecule has 0 aliphatic carbocycles. The molecule has 1 rings (SSSR count). The number of amides is 1. The normalized spacial score (nSPS) is 10.5. The van der Waals surface area contributed by atoms with Gasteiger partial charge in [-0.1, -0.05) is 0 Å². The van der Waals surface area contributed by atoms with Crippen molar-refractivity contribution in [1.29, 1.82) is 0 Å². The zero-order valence-corrected chi connectivity index (χ0v) is 10.4.